The molecular weight excluding hydrogens is 239 g/mol. The number of hydrogen-bond donors (Lipinski definition) is 1. The lowest BCUT2D eigenvalue weighted by molar-refractivity contribution is 0.289. The Morgan fingerprint density at radius 2 is 2.35 bits per heavy atom. The van der Waals surface area contributed by atoms with Crippen LogP contribution in [0.15, 0.2) is 18.2 Å². The van der Waals surface area contributed by atoms with Crippen LogP contribution in [0.3, 0.4) is 0 Å². The molecule has 1 unspecified atom stereocenters. The standard InChI is InChI=1S/C13H18ClFN2/c1-17(8-10-4-3-7-16-10)9-11-12(14)5-2-6-13(11)15/h2,5-6,10,16H,3-4,7-9H2,1H3. The molecule has 1 saturated heterocycles. The molecule has 1 N–H and O–H groups in total. The molecule has 0 spiro atoms. The summed E-state index contributed by atoms with van der Waals surface area (Å²) in [6, 6.07) is 5.37. The van der Waals surface area contributed by atoms with Crippen molar-refractivity contribution in [3.63, 3.8) is 0 Å². The number of benzene rings is 1. The second kappa shape index (κ2) is 5.80. The number of halogens is 2. The van der Waals surface area contributed by atoms with E-state index in [0.29, 0.717) is 23.2 Å². The molecule has 94 valence electrons. The summed E-state index contributed by atoms with van der Waals surface area (Å²) in [5.74, 6) is -0.219. The number of hydrogen-bond acceptors (Lipinski definition) is 2. The van der Waals surface area contributed by atoms with E-state index < -0.39 is 0 Å². The second-order valence-corrected chi connectivity index (χ2v) is 5.10. The van der Waals surface area contributed by atoms with Crippen LogP contribution < -0.4 is 5.32 Å². The fourth-order valence-corrected chi connectivity index (χ4v) is 2.53. The van der Waals surface area contributed by atoms with Crippen molar-refractivity contribution in [1.82, 2.24) is 10.2 Å². The molecule has 0 amide bonds. The molecule has 1 atom stereocenters. The summed E-state index contributed by atoms with van der Waals surface area (Å²) >= 11 is 6.01. The Balaban J connectivity index is 1.95. The average Bonchev–Trinajstić information content (AvgIpc) is 2.76. The van der Waals surface area contributed by atoms with E-state index in [0.717, 1.165) is 13.1 Å². The first kappa shape index (κ1) is 12.8. The van der Waals surface area contributed by atoms with Crippen molar-refractivity contribution in [3.05, 3.63) is 34.6 Å². The summed E-state index contributed by atoms with van der Waals surface area (Å²) in [4.78, 5) is 2.12. The van der Waals surface area contributed by atoms with Gasteiger partial charge in [0.25, 0.3) is 0 Å². The molecule has 0 radical (unpaired) electrons. The molecule has 1 fully saturated rings. The van der Waals surface area contributed by atoms with Gasteiger partial charge in [-0.2, -0.15) is 0 Å². The fraction of sp³-hybridized carbons (Fsp3) is 0.538. The van der Waals surface area contributed by atoms with Gasteiger partial charge in [0.1, 0.15) is 5.82 Å². The van der Waals surface area contributed by atoms with Crippen molar-refractivity contribution in [2.24, 2.45) is 0 Å². The molecule has 1 aromatic carbocycles. The van der Waals surface area contributed by atoms with Gasteiger partial charge in [0.2, 0.25) is 0 Å². The zero-order valence-electron chi connectivity index (χ0n) is 10.0. The fourth-order valence-electron chi connectivity index (χ4n) is 2.31. The molecule has 0 saturated carbocycles. The van der Waals surface area contributed by atoms with Crippen LogP contribution in [0.5, 0.6) is 0 Å². The normalized spacial score (nSPS) is 20.1. The van der Waals surface area contributed by atoms with Crippen LogP contribution in [0, 0.1) is 5.82 Å². The van der Waals surface area contributed by atoms with Crippen LogP contribution in [-0.4, -0.2) is 31.1 Å². The van der Waals surface area contributed by atoms with Crippen LogP contribution in [0.25, 0.3) is 0 Å². The third-order valence-electron chi connectivity index (χ3n) is 3.18. The summed E-state index contributed by atoms with van der Waals surface area (Å²) in [7, 11) is 2.00. The van der Waals surface area contributed by atoms with Gasteiger partial charge in [0.15, 0.2) is 0 Å². The van der Waals surface area contributed by atoms with Gasteiger partial charge < -0.3 is 10.2 Å². The van der Waals surface area contributed by atoms with E-state index in [1.807, 2.05) is 7.05 Å². The molecule has 17 heavy (non-hydrogen) atoms. The topological polar surface area (TPSA) is 15.3 Å². The lowest BCUT2D eigenvalue weighted by Gasteiger charge is -2.21. The molecule has 1 aliphatic rings. The highest BCUT2D eigenvalue weighted by Crippen LogP contribution is 2.20. The van der Waals surface area contributed by atoms with E-state index in [9.17, 15) is 4.39 Å². The minimum absolute atomic E-state index is 0.219. The minimum Gasteiger partial charge on any atom is -0.313 e. The maximum absolute atomic E-state index is 13.6. The zero-order valence-corrected chi connectivity index (χ0v) is 10.8. The summed E-state index contributed by atoms with van der Waals surface area (Å²) < 4.78 is 13.6. The van der Waals surface area contributed by atoms with E-state index in [1.54, 1.807) is 12.1 Å². The molecule has 4 heteroatoms. The summed E-state index contributed by atoms with van der Waals surface area (Å²) in [5.41, 5.74) is 0.592. The van der Waals surface area contributed by atoms with Crippen LogP contribution in [0.1, 0.15) is 18.4 Å². The lowest BCUT2D eigenvalue weighted by atomic mass is 10.1. The van der Waals surface area contributed by atoms with Crippen molar-refractivity contribution < 1.29 is 4.39 Å². The minimum atomic E-state index is -0.219. The van der Waals surface area contributed by atoms with Gasteiger partial charge in [-0.05, 0) is 38.6 Å². The third kappa shape index (κ3) is 3.41. The lowest BCUT2D eigenvalue weighted by Crippen LogP contribution is -2.35. The zero-order chi connectivity index (χ0) is 12.3. The average molecular weight is 257 g/mol. The smallest absolute Gasteiger partial charge is 0.129 e. The maximum atomic E-state index is 13.6. The molecule has 0 aliphatic carbocycles. The van der Waals surface area contributed by atoms with Crippen LogP contribution in [0.2, 0.25) is 5.02 Å². The van der Waals surface area contributed by atoms with Crippen molar-refractivity contribution in [2.45, 2.75) is 25.4 Å². The SMILES string of the molecule is CN(Cc1c(F)cccc1Cl)CC1CCCN1. The number of nitrogens with zero attached hydrogens (tertiary/aromatic N) is 1. The van der Waals surface area contributed by atoms with Crippen molar-refractivity contribution in [1.29, 1.82) is 0 Å². The summed E-state index contributed by atoms with van der Waals surface area (Å²) in [6.07, 6.45) is 2.44. The Morgan fingerprint density at radius 1 is 1.53 bits per heavy atom. The predicted octanol–water partition coefficient (Wildman–Crippen LogP) is 2.66. The highest BCUT2D eigenvalue weighted by molar-refractivity contribution is 6.31. The van der Waals surface area contributed by atoms with Crippen LogP contribution in [-0.2, 0) is 6.54 Å². The first-order chi connectivity index (χ1) is 8.16. The maximum Gasteiger partial charge on any atom is 0.129 e. The Hall–Kier alpha value is -0.640. The molecule has 0 bridgehead atoms. The van der Waals surface area contributed by atoms with Crippen molar-refractivity contribution in [3.8, 4) is 0 Å². The first-order valence-electron chi connectivity index (χ1n) is 6.01. The predicted molar refractivity (Wildman–Crippen MR) is 68.8 cm³/mol. The van der Waals surface area contributed by atoms with Gasteiger partial charge in [-0.25, -0.2) is 4.39 Å². The Morgan fingerprint density at radius 3 is 3.00 bits per heavy atom. The van der Waals surface area contributed by atoms with Crippen molar-refractivity contribution in [2.75, 3.05) is 20.1 Å². The monoisotopic (exact) mass is 256 g/mol. The largest absolute Gasteiger partial charge is 0.313 e. The molecule has 1 heterocycles. The van der Waals surface area contributed by atoms with E-state index in [4.69, 9.17) is 11.6 Å². The molecule has 1 aliphatic heterocycles. The molecule has 0 aromatic heterocycles. The Labute approximate surface area is 107 Å². The first-order valence-corrected chi connectivity index (χ1v) is 6.39. The van der Waals surface area contributed by atoms with Gasteiger partial charge in [0.05, 0.1) is 0 Å². The number of rotatable bonds is 4. The summed E-state index contributed by atoms with van der Waals surface area (Å²) in [6.45, 7) is 2.59. The van der Waals surface area contributed by atoms with E-state index in [2.05, 4.69) is 10.2 Å². The van der Waals surface area contributed by atoms with Crippen LogP contribution in [0.4, 0.5) is 4.39 Å². The second-order valence-electron chi connectivity index (χ2n) is 4.69. The molecule has 2 rings (SSSR count). The van der Waals surface area contributed by atoms with Gasteiger partial charge >= 0.3 is 0 Å². The molecule has 1 aromatic rings. The van der Waals surface area contributed by atoms with E-state index in [1.165, 1.54) is 18.9 Å². The summed E-state index contributed by atoms with van der Waals surface area (Å²) in [5, 5.41) is 3.94. The van der Waals surface area contributed by atoms with Gasteiger partial charge in [-0.15, -0.1) is 0 Å². The van der Waals surface area contributed by atoms with Gasteiger partial charge in [-0.3, -0.25) is 0 Å². The Bertz CT molecular complexity index is 357. The quantitative estimate of drug-likeness (QED) is 0.891. The van der Waals surface area contributed by atoms with Gasteiger partial charge in [0, 0.05) is 29.7 Å². The highest BCUT2D eigenvalue weighted by Gasteiger charge is 2.17. The number of likely N-dealkylation sites (N-methyl/N-ethyl adjacent to an activating group) is 1. The van der Waals surface area contributed by atoms with E-state index >= 15 is 0 Å². The highest BCUT2D eigenvalue weighted by atomic mass is 35.5. The molecular formula is C13H18ClFN2. The van der Waals surface area contributed by atoms with Gasteiger partial charge in [-0.1, -0.05) is 17.7 Å². The van der Waals surface area contributed by atoms with Crippen molar-refractivity contribution >= 4 is 11.6 Å². The Kier molecular flexibility index (Phi) is 4.37. The number of nitrogens with one attached hydrogen (secondary N) is 1. The van der Waals surface area contributed by atoms with Crippen LogP contribution >= 0.6 is 11.6 Å². The molecule has 2 nitrogen and oxygen atoms in total. The van der Waals surface area contributed by atoms with E-state index in [-0.39, 0.29) is 5.82 Å². The third-order valence-corrected chi connectivity index (χ3v) is 3.54.